The summed E-state index contributed by atoms with van der Waals surface area (Å²) in [6.45, 7) is 7.86. The van der Waals surface area contributed by atoms with Crippen LogP contribution < -0.4 is 0 Å². The Morgan fingerprint density at radius 2 is 0.463 bits per heavy atom. The summed E-state index contributed by atoms with van der Waals surface area (Å²) in [5, 5.41) is 0. The second-order valence-electron chi connectivity index (χ2n) is 10.8. The van der Waals surface area contributed by atoms with E-state index in [1.807, 2.05) is 0 Å². The zero-order valence-corrected chi connectivity index (χ0v) is 30.9. The van der Waals surface area contributed by atoms with Gasteiger partial charge in [-0.15, -0.1) is 0 Å². The van der Waals surface area contributed by atoms with Gasteiger partial charge in [0.2, 0.25) is 0 Å². The molecule has 302 valence electrons. The van der Waals surface area contributed by atoms with Crippen LogP contribution in [-0.2, 0) is 66.4 Å². The topological polar surface area (TPSA) is 179 Å². The quantitative estimate of drug-likeness (QED) is 0.0422. The number of hydrogen-bond acceptors (Lipinski definition) is 16. The molecular formula is C38H54O16. The molecule has 0 spiro atoms. The van der Waals surface area contributed by atoms with E-state index >= 15 is 0 Å². The van der Waals surface area contributed by atoms with E-state index in [4.69, 9.17) is 56.8 Å². The molecule has 0 aromatic heterocycles. The lowest BCUT2D eigenvalue weighted by molar-refractivity contribution is -0.140. The third kappa shape index (κ3) is 25.4. The number of carbonyl (C=O) groups excluding carboxylic acids is 4. The SMILES string of the molecule is O=C(OCCOCCOCCOCCOCCOCCOCCOCCOCCOCCOCCOC(=O)C(=O)c1ccccc1)C(=O)c1ccccc1. The molecular weight excluding hydrogens is 712 g/mol. The molecule has 0 aliphatic carbocycles. The minimum atomic E-state index is -0.905. The Morgan fingerprint density at radius 3 is 0.667 bits per heavy atom. The van der Waals surface area contributed by atoms with Crippen molar-refractivity contribution in [2.45, 2.75) is 0 Å². The molecule has 2 aromatic rings. The monoisotopic (exact) mass is 766 g/mol. The molecule has 0 aliphatic heterocycles. The molecule has 0 N–H and O–H groups in total. The number of benzene rings is 2. The zero-order valence-electron chi connectivity index (χ0n) is 30.9. The standard InChI is InChI=1S/C38H54O16/c39-35(33-7-3-1-4-8-33)37(41)53-31-29-51-27-25-49-23-21-47-19-17-45-15-13-43-11-12-44-14-16-46-18-20-48-22-24-50-26-28-52-30-32-54-38(42)36(40)34-9-5-2-6-10-34/h1-10H,11-32H2. The summed E-state index contributed by atoms with van der Waals surface area (Å²) in [6.07, 6.45) is 0. The van der Waals surface area contributed by atoms with Crippen molar-refractivity contribution in [2.24, 2.45) is 0 Å². The molecule has 2 aromatic carbocycles. The first-order valence-electron chi connectivity index (χ1n) is 17.9. The average Bonchev–Trinajstić information content (AvgIpc) is 3.20. The van der Waals surface area contributed by atoms with E-state index in [1.54, 1.807) is 60.7 Å². The first kappa shape index (κ1) is 46.5. The second kappa shape index (κ2) is 33.9. The Bertz CT molecular complexity index is 1130. The minimum Gasteiger partial charge on any atom is -0.457 e. The number of ketones is 2. The number of Topliss-reactive ketones (excluding diaryl/α,β-unsaturated/α-hetero) is 2. The van der Waals surface area contributed by atoms with Gasteiger partial charge in [0.05, 0.1) is 132 Å². The Morgan fingerprint density at radius 1 is 0.278 bits per heavy atom. The highest BCUT2D eigenvalue weighted by Crippen LogP contribution is 2.02. The molecule has 0 saturated heterocycles. The molecule has 0 atom stereocenters. The Labute approximate surface area is 316 Å². The van der Waals surface area contributed by atoms with Crippen molar-refractivity contribution in [3.63, 3.8) is 0 Å². The second-order valence-corrected chi connectivity index (χ2v) is 10.8. The van der Waals surface area contributed by atoms with Crippen LogP contribution in [0, 0.1) is 0 Å². The fourth-order valence-corrected chi connectivity index (χ4v) is 4.01. The first-order valence-corrected chi connectivity index (χ1v) is 17.9. The lowest BCUT2D eigenvalue weighted by Gasteiger charge is -2.09. The van der Waals surface area contributed by atoms with E-state index in [0.29, 0.717) is 119 Å². The molecule has 0 amide bonds. The first-order chi connectivity index (χ1) is 26.6. The number of ether oxygens (including phenoxy) is 12. The maximum Gasteiger partial charge on any atom is 0.379 e. The van der Waals surface area contributed by atoms with Gasteiger partial charge in [-0.05, 0) is 0 Å². The molecule has 0 saturated carbocycles. The fourth-order valence-electron chi connectivity index (χ4n) is 4.01. The van der Waals surface area contributed by atoms with Crippen LogP contribution in [0.1, 0.15) is 20.7 Å². The highest BCUT2D eigenvalue weighted by atomic mass is 16.6. The Balaban J connectivity index is 1.17. The largest absolute Gasteiger partial charge is 0.457 e. The van der Waals surface area contributed by atoms with Crippen LogP contribution in [-0.4, -0.2) is 169 Å². The predicted octanol–water partition coefficient (Wildman–Crippen LogP) is 2.00. The van der Waals surface area contributed by atoms with Gasteiger partial charge in [0.15, 0.2) is 0 Å². The zero-order chi connectivity index (χ0) is 38.6. The summed E-state index contributed by atoms with van der Waals surface area (Å²) < 4.78 is 64.0. The summed E-state index contributed by atoms with van der Waals surface area (Å²) in [6, 6.07) is 16.5. The normalized spacial score (nSPS) is 11.0. The van der Waals surface area contributed by atoms with Gasteiger partial charge in [-0.3, -0.25) is 9.59 Å². The smallest absolute Gasteiger partial charge is 0.379 e. The lowest BCUT2D eigenvalue weighted by Crippen LogP contribution is -2.20. The van der Waals surface area contributed by atoms with Gasteiger partial charge in [-0.25, -0.2) is 9.59 Å². The number of carbonyl (C=O) groups is 4. The maximum atomic E-state index is 11.9. The van der Waals surface area contributed by atoms with Crippen LogP contribution in [0.15, 0.2) is 60.7 Å². The van der Waals surface area contributed by atoms with Crippen LogP contribution in [0.4, 0.5) is 0 Å². The molecule has 0 heterocycles. The van der Waals surface area contributed by atoms with E-state index in [2.05, 4.69) is 0 Å². The lowest BCUT2D eigenvalue weighted by atomic mass is 10.1. The molecule has 0 radical (unpaired) electrons. The Hall–Kier alpha value is -3.68. The van der Waals surface area contributed by atoms with E-state index in [-0.39, 0.29) is 37.6 Å². The minimum absolute atomic E-state index is 0.0125. The molecule has 0 bridgehead atoms. The highest BCUT2D eigenvalue weighted by Gasteiger charge is 2.18. The molecule has 54 heavy (non-hydrogen) atoms. The third-order valence-corrected chi connectivity index (χ3v) is 6.71. The summed E-state index contributed by atoms with van der Waals surface area (Å²) >= 11 is 0. The van der Waals surface area contributed by atoms with Crippen LogP contribution in [0.3, 0.4) is 0 Å². The molecule has 0 aliphatic rings. The average molecular weight is 767 g/mol. The van der Waals surface area contributed by atoms with Crippen molar-refractivity contribution >= 4 is 23.5 Å². The van der Waals surface area contributed by atoms with Gasteiger partial charge in [0.1, 0.15) is 13.2 Å². The van der Waals surface area contributed by atoms with E-state index in [0.717, 1.165) is 0 Å². The van der Waals surface area contributed by atoms with Crippen molar-refractivity contribution in [3.05, 3.63) is 71.8 Å². The van der Waals surface area contributed by atoms with E-state index in [1.165, 1.54) is 0 Å². The Kier molecular flexibility index (Phi) is 29.1. The van der Waals surface area contributed by atoms with Crippen molar-refractivity contribution < 1.29 is 76.0 Å². The van der Waals surface area contributed by atoms with E-state index in [9.17, 15) is 19.2 Å². The van der Waals surface area contributed by atoms with Crippen molar-refractivity contribution in [3.8, 4) is 0 Å². The number of rotatable bonds is 37. The van der Waals surface area contributed by atoms with Crippen molar-refractivity contribution in [1.29, 1.82) is 0 Å². The number of esters is 2. The van der Waals surface area contributed by atoms with Crippen LogP contribution in [0.25, 0.3) is 0 Å². The number of hydrogen-bond donors (Lipinski definition) is 0. The molecule has 0 fully saturated rings. The predicted molar refractivity (Wildman–Crippen MR) is 192 cm³/mol. The van der Waals surface area contributed by atoms with Gasteiger partial charge >= 0.3 is 11.9 Å². The van der Waals surface area contributed by atoms with Crippen LogP contribution in [0.2, 0.25) is 0 Å². The summed E-state index contributed by atoms with van der Waals surface area (Å²) in [7, 11) is 0. The van der Waals surface area contributed by atoms with E-state index < -0.39 is 23.5 Å². The van der Waals surface area contributed by atoms with Gasteiger partial charge < -0.3 is 56.8 Å². The van der Waals surface area contributed by atoms with Gasteiger partial charge in [-0.2, -0.15) is 0 Å². The maximum absolute atomic E-state index is 11.9. The summed E-state index contributed by atoms with van der Waals surface area (Å²) in [5.74, 6) is -3.18. The van der Waals surface area contributed by atoms with Crippen molar-refractivity contribution in [1.82, 2.24) is 0 Å². The highest BCUT2D eigenvalue weighted by molar-refractivity contribution is 6.41. The summed E-state index contributed by atoms with van der Waals surface area (Å²) in [5.41, 5.74) is 0.576. The van der Waals surface area contributed by atoms with Gasteiger partial charge in [0, 0.05) is 11.1 Å². The van der Waals surface area contributed by atoms with Crippen LogP contribution >= 0.6 is 0 Å². The fraction of sp³-hybridized carbons (Fsp3) is 0.579. The summed E-state index contributed by atoms with van der Waals surface area (Å²) in [4.78, 5) is 47.3. The van der Waals surface area contributed by atoms with Crippen molar-refractivity contribution in [2.75, 3.05) is 145 Å². The van der Waals surface area contributed by atoms with Gasteiger partial charge in [-0.1, -0.05) is 60.7 Å². The van der Waals surface area contributed by atoms with Crippen LogP contribution in [0.5, 0.6) is 0 Å². The molecule has 16 nitrogen and oxygen atoms in total. The van der Waals surface area contributed by atoms with Gasteiger partial charge in [0.25, 0.3) is 11.6 Å². The third-order valence-electron chi connectivity index (χ3n) is 6.71. The molecule has 2 rings (SSSR count). The molecule has 16 heteroatoms. The molecule has 0 unspecified atom stereocenters.